The van der Waals surface area contributed by atoms with Crippen LogP contribution in [-0.4, -0.2) is 33.2 Å². The highest BCUT2D eigenvalue weighted by molar-refractivity contribution is 7.89. The van der Waals surface area contributed by atoms with E-state index >= 15 is 0 Å². The van der Waals surface area contributed by atoms with Crippen LogP contribution in [0.5, 0.6) is 0 Å². The Morgan fingerprint density at radius 3 is 2.95 bits per heavy atom. The number of nitrogens with one attached hydrogen (secondary N) is 1. The summed E-state index contributed by atoms with van der Waals surface area (Å²) in [5, 5.41) is 0.387. The van der Waals surface area contributed by atoms with Crippen LogP contribution in [0.4, 0.5) is 0 Å². The molecule has 1 saturated heterocycles. The smallest absolute Gasteiger partial charge is 0.241 e. The first-order valence-electron chi connectivity index (χ1n) is 6.64. The molecule has 4 unspecified atom stereocenters. The topological polar surface area (TPSA) is 81.4 Å². The summed E-state index contributed by atoms with van der Waals surface area (Å²) in [7, 11) is -3.62. The fourth-order valence-electron chi connectivity index (χ4n) is 2.97. The van der Waals surface area contributed by atoms with E-state index in [1.165, 1.54) is 12.1 Å². The van der Waals surface area contributed by atoms with Gasteiger partial charge in [0.25, 0.3) is 0 Å². The highest BCUT2D eigenvalue weighted by Crippen LogP contribution is 2.37. The maximum absolute atomic E-state index is 12.3. The minimum Gasteiger partial charge on any atom is -0.376 e. The molecule has 2 aliphatic rings. The molecule has 4 atom stereocenters. The van der Waals surface area contributed by atoms with Crippen molar-refractivity contribution in [2.24, 2.45) is 11.7 Å². The molecule has 0 aromatic heterocycles. The summed E-state index contributed by atoms with van der Waals surface area (Å²) in [6.07, 6.45) is 1.89. The fourth-order valence-corrected chi connectivity index (χ4v) is 4.56. The van der Waals surface area contributed by atoms with Crippen LogP contribution >= 0.6 is 11.6 Å². The summed E-state index contributed by atoms with van der Waals surface area (Å²) in [5.74, 6) is 0.260. The Morgan fingerprint density at radius 1 is 1.40 bits per heavy atom. The minimum absolute atomic E-state index is 0.104. The van der Waals surface area contributed by atoms with Gasteiger partial charge in [-0.2, -0.15) is 0 Å². The Kier molecular flexibility index (Phi) is 3.77. The standard InChI is InChI=1S/C13H17ClN2O3S/c14-8-3-1-4-9(7-8)20(17,18)16-12-11(15)10-5-2-6-19-13(10)12/h1,3-4,7,10-13,16H,2,5-6,15H2. The molecule has 5 nitrogen and oxygen atoms in total. The third kappa shape index (κ3) is 2.46. The van der Waals surface area contributed by atoms with Crippen LogP contribution in [0.25, 0.3) is 0 Å². The molecule has 20 heavy (non-hydrogen) atoms. The van der Waals surface area contributed by atoms with E-state index in [9.17, 15) is 8.42 Å². The van der Waals surface area contributed by atoms with E-state index in [4.69, 9.17) is 22.1 Å². The number of ether oxygens (including phenoxy) is 1. The third-order valence-corrected chi connectivity index (χ3v) is 5.77. The van der Waals surface area contributed by atoms with E-state index in [1.54, 1.807) is 12.1 Å². The second kappa shape index (κ2) is 5.27. The minimum atomic E-state index is -3.62. The molecular weight excluding hydrogens is 300 g/mol. The average molecular weight is 317 g/mol. The average Bonchev–Trinajstić information content (AvgIpc) is 2.44. The maximum Gasteiger partial charge on any atom is 0.241 e. The second-order valence-electron chi connectivity index (χ2n) is 5.32. The summed E-state index contributed by atoms with van der Waals surface area (Å²) in [5.41, 5.74) is 6.06. The molecule has 0 amide bonds. The number of nitrogens with two attached hydrogens (primary N) is 1. The van der Waals surface area contributed by atoms with Crippen LogP contribution in [0.1, 0.15) is 12.8 Å². The van der Waals surface area contributed by atoms with Crippen molar-refractivity contribution in [2.45, 2.75) is 35.9 Å². The first-order valence-corrected chi connectivity index (χ1v) is 8.50. The summed E-state index contributed by atoms with van der Waals surface area (Å²) in [6, 6.07) is 5.64. The molecule has 7 heteroatoms. The van der Waals surface area contributed by atoms with E-state index in [-0.39, 0.29) is 29.0 Å². The highest BCUT2D eigenvalue weighted by atomic mass is 35.5. The lowest BCUT2D eigenvalue weighted by molar-refractivity contribution is -0.114. The molecule has 3 N–H and O–H groups in total. The van der Waals surface area contributed by atoms with Crippen LogP contribution in [0.2, 0.25) is 5.02 Å². The molecular formula is C13H17ClN2O3S. The van der Waals surface area contributed by atoms with Gasteiger partial charge in [-0.25, -0.2) is 13.1 Å². The molecule has 3 rings (SSSR count). The molecule has 2 fully saturated rings. The van der Waals surface area contributed by atoms with Crippen molar-refractivity contribution in [3.05, 3.63) is 29.3 Å². The van der Waals surface area contributed by atoms with Crippen molar-refractivity contribution < 1.29 is 13.2 Å². The third-order valence-electron chi connectivity index (χ3n) is 4.07. The normalized spacial score (nSPS) is 33.3. The van der Waals surface area contributed by atoms with Crippen molar-refractivity contribution in [3.8, 4) is 0 Å². The van der Waals surface area contributed by atoms with Crippen molar-refractivity contribution in [3.63, 3.8) is 0 Å². The van der Waals surface area contributed by atoms with E-state index < -0.39 is 10.0 Å². The van der Waals surface area contributed by atoms with Gasteiger partial charge in [-0.15, -0.1) is 0 Å². The Morgan fingerprint density at radius 2 is 2.20 bits per heavy atom. The van der Waals surface area contributed by atoms with Gasteiger partial charge in [-0.1, -0.05) is 17.7 Å². The fraction of sp³-hybridized carbons (Fsp3) is 0.538. The number of hydrogen-bond acceptors (Lipinski definition) is 4. The second-order valence-corrected chi connectivity index (χ2v) is 7.47. The van der Waals surface area contributed by atoms with Crippen molar-refractivity contribution in [1.29, 1.82) is 0 Å². The summed E-state index contributed by atoms with van der Waals surface area (Å²) >= 11 is 5.83. The molecule has 0 bridgehead atoms. The predicted molar refractivity (Wildman–Crippen MR) is 76.0 cm³/mol. The molecule has 110 valence electrons. The largest absolute Gasteiger partial charge is 0.376 e. The van der Waals surface area contributed by atoms with Crippen LogP contribution < -0.4 is 10.5 Å². The molecule has 1 aromatic rings. The lowest BCUT2D eigenvalue weighted by Crippen LogP contribution is -2.71. The SMILES string of the molecule is NC1C2CCCOC2C1NS(=O)(=O)c1cccc(Cl)c1. The molecule has 1 aliphatic heterocycles. The van der Waals surface area contributed by atoms with E-state index in [1.807, 2.05) is 0 Å². The highest BCUT2D eigenvalue weighted by Gasteiger charge is 2.51. The van der Waals surface area contributed by atoms with Gasteiger partial charge in [0, 0.05) is 23.6 Å². The van der Waals surface area contributed by atoms with Crippen LogP contribution in [0.15, 0.2) is 29.2 Å². The van der Waals surface area contributed by atoms with E-state index in [0.717, 1.165) is 12.8 Å². The Bertz CT molecular complexity index is 607. The molecule has 0 radical (unpaired) electrons. The monoisotopic (exact) mass is 316 g/mol. The Hall–Kier alpha value is -0.660. The quantitative estimate of drug-likeness (QED) is 0.875. The maximum atomic E-state index is 12.3. The van der Waals surface area contributed by atoms with E-state index in [2.05, 4.69) is 4.72 Å². The number of halogens is 1. The van der Waals surface area contributed by atoms with Gasteiger partial charge in [0.2, 0.25) is 10.0 Å². The van der Waals surface area contributed by atoms with Crippen LogP contribution in [0, 0.1) is 5.92 Å². The van der Waals surface area contributed by atoms with Gasteiger partial charge in [0.15, 0.2) is 0 Å². The number of fused-ring (bicyclic) bond motifs is 1. The lowest BCUT2D eigenvalue weighted by Gasteiger charge is -2.52. The molecule has 1 saturated carbocycles. The summed E-state index contributed by atoms with van der Waals surface area (Å²) < 4.78 is 32.9. The van der Waals surface area contributed by atoms with Gasteiger partial charge < -0.3 is 10.5 Å². The Balaban J connectivity index is 1.77. The van der Waals surface area contributed by atoms with Gasteiger partial charge in [0.1, 0.15) is 0 Å². The molecule has 1 aliphatic carbocycles. The van der Waals surface area contributed by atoms with Crippen LogP contribution in [-0.2, 0) is 14.8 Å². The van der Waals surface area contributed by atoms with Crippen molar-refractivity contribution in [2.75, 3.05) is 6.61 Å². The molecule has 1 heterocycles. The zero-order chi connectivity index (χ0) is 14.3. The predicted octanol–water partition coefficient (Wildman–Crippen LogP) is 1.12. The summed E-state index contributed by atoms with van der Waals surface area (Å²) in [4.78, 5) is 0.149. The number of rotatable bonds is 3. The van der Waals surface area contributed by atoms with Gasteiger partial charge in [-0.05, 0) is 31.0 Å². The number of hydrogen-bond donors (Lipinski definition) is 2. The molecule has 0 spiro atoms. The van der Waals surface area contributed by atoms with Gasteiger partial charge in [0.05, 0.1) is 17.0 Å². The number of benzene rings is 1. The number of sulfonamides is 1. The van der Waals surface area contributed by atoms with Crippen LogP contribution in [0.3, 0.4) is 0 Å². The van der Waals surface area contributed by atoms with E-state index in [0.29, 0.717) is 11.6 Å². The first-order chi connectivity index (χ1) is 9.49. The first kappa shape index (κ1) is 14.3. The van der Waals surface area contributed by atoms with Gasteiger partial charge in [-0.3, -0.25) is 0 Å². The lowest BCUT2D eigenvalue weighted by atomic mass is 9.69. The molecule has 1 aromatic carbocycles. The zero-order valence-electron chi connectivity index (χ0n) is 10.8. The van der Waals surface area contributed by atoms with Gasteiger partial charge >= 0.3 is 0 Å². The Labute approximate surface area is 123 Å². The zero-order valence-corrected chi connectivity index (χ0v) is 12.4. The van der Waals surface area contributed by atoms with Crippen molar-refractivity contribution in [1.82, 2.24) is 4.72 Å². The summed E-state index contributed by atoms with van der Waals surface area (Å²) in [6.45, 7) is 0.670. The van der Waals surface area contributed by atoms with Crippen molar-refractivity contribution >= 4 is 21.6 Å².